The number of hydrogen-bond donors (Lipinski definition) is 0. The van der Waals surface area contributed by atoms with Crippen molar-refractivity contribution < 1.29 is 9.53 Å². The van der Waals surface area contributed by atoms with E-state index in [1.54, 1.807) is 48.5 Å². The maximum absolute atomic E-state index is 12.7. The van der Waals surface area contributed by atoms with E-state index in [0.717, 1.165) is 5.56 Å². The molecule has 1 fully saturated rings. The Balaban J connectivity index is 1.90. The SMILES string of the molecule is COc1ccc(N2C(=O)/C(=C\c3ccc(C#N)cc3)SC2=S)cc1Cl. The third-order valence-electron chi connectivity index (χ3n) is 3.52. The number of anilines is 1. The molecule has 0 radical (unpaired) electrons. The van der Waals surface area contributed by atoms with Crippen molar-refractivity contribution in [2.75, 3.05) is 12.0 Å². The van der Waals surface area contributed by atoms with Gasteiger partial charge in [0.15, 0.2) is 4.32 Å². The molecule has 124 valence electrons. The van der Waals surface area contributed by atoms with Crippen LogP contribution in [0.3, 0.4) is 0 Å². The number of hydrogen-bond acceptors (Lipinski definition) is 5. The Morgan fingerprint density at radius 2 is 2.00 bits per heavy atom. The summed E-state index contributed by atoms with van der Waals surface area (Å²) in [4.78, 5) is 14.7. The van der Waals surface area contributed by atoms with Crippen LogP contribution in [0.25, 0.3) is 6.08 Å². The van der Waals surface area contributed by atoms with Gasteiger partial charge in [0, 0.05) is 0 Å². The molecule has 7 heteroatoms. The summed E-state index contributed by atoms with van der Waals surface area (Å²) in [5, 5.41) is 9.25. The Kier molecular flexibility index (Phi) is 5.09. The Morgan fingerprint density at radius 3 is 2.60 bits per heavy atom. The molecule has 0 saturated carbocycles. The van der Waals surface area contributed by atoms with Crippen LogP contribution in [0.2, 0.25) is 5.02 Å². The lowest BCUT2D eigenvalue weighted by Crippen LogP contribution is -2.27. The van der Waals surface area contributed by atoms with Crippen molar-refractivity contribution in [1.29, 1.82) is 5.26 Å². The van der Waals surface area contributed by atoms with E-state index in [9.17, 15) is 4.79 Å². The molecule has 2 aromatic carbocycles. The summed E-state index contributed by atoms with van der Waals surface area (Å²) >= 11 is 12.7. The van der Waals surface area contributed by atoms with Crippen molar-refractivity contribution in [1.82, 2.24) is 0 Å². The van der Waals surface area contributed by atoms with Gasteiger partial charge in [0.25, 0.3) is 5.91 Å². The number of methoxy groups -OCH3 is 1. The lowest BCUT2D eigenvalue weighted by Gasteiger charge is -2.15. The van der Waals surface area contributed by atoms with Crippen LogP contribution in [0.5, 0.6) is 5.75 Å². The predicted molar refractivity (Wildman–Crippen MR) is 105 cm³/mol. The van der Waals surface area contributed by atoms with Crippen molar-refractivity contribution >= 4 is 57.6 Å². The van der Waals surface area contributed by atoms with Gasteiger partial charge in [0.05, 0.1) is 34.4 Å². The zero-order chi connectivity index (χ0) is 18.0. The van der Waals surface area contributed by atoms with Gasteiger partial charge in [0.1, 0.15) is 5.75 Å². The van der Waals surface area contributed by atoms with E-state index in [0.29, 0.717) is 31.2 Å². The molecule has 0 aliphatic carbocycles. The van der Waals surface area contributed by atoms with E-state index >= 15 is 0 Å². The van der Waals surface area contributed by atoms with Gasteiger partial charge < -0.3 is 4.74 Å². The highest BCUT2D eigenvalue weighted by Crippen LogP contribution is 2.38. The first-order valence-corrected chi connectivity index (χ1v) is 8.75. The molecule has 1 amide bonds. The Labute approximate surface area is 159 Å². The highest BCUT2D eigenvalue weighted by Gasteiger charge is 2.33. The van der Waals surface area contributed by atoms with Crippen LogP contribution < -0.4 is 9.64 Å². The third-order valence-corrected chi connectivity index (χ3v) is 5.12. The van der Waals surface area contributed by atoms with Gasteiger partial charge in [-0.3, -0.25) is 9.69 Å². The summed E-state index contributed by atoms with van der Waals surface area (Å²) in [7, 11) is 1.53. The van der Waals surface area contributed by atoms with Gasteiger partial charge in [-0.2, -0.15) is 5.26 Å². The molecule has 3 rings (SSSR count). The molecule has 0 spiro atoms. The molecule has 0 unspecified atom stereocenters. The van der Waals surface area contributed by atoms with Crippen molar-refractivity contribution in [3.63, 3.8) is 0 Å². The fraction of sp³-hybridized carbons (Fsp3) is 0.0556. The lowest BCUT2D eigenvalue weighted by molar-refractivity contribution is -0.113. The molecular weight excluding hydrogens is 376 g/mol. The van der Waals surface area contributed by atoms with Crippen LogP contribution in [-0.2, 0) is 4.79 Å². The first-order chi connectivity index (χ1) is 12.0. The zero-order valence-corrected chi connectivity index (χ0v) is 15.4. The maximum atomic E-state index is 12.7. The molecule has 0 N–H and O–H groups in total. The summed E-state index contributed by atoms with van der Waals surface area (Å²) in [6.45, 7) is 0. The fourth-order valence-corrected chi connectivity index (χ4v) is 3.84. The number of carbonyl (C=O) groups is 1. The van der Waals surface area contributed by atoms with E-state index in [1.807, 2.05) is 0 Å². The summed E-state index contributed by atoms with van der Waals surface area (Å²) in [6.07, 6.45) is 1.76. The standard InChI is InChI=1S/C18H11ClN2O2S2/c1-23-15-7-6-13(9-14(15)19)21-17(22)16(25-18(21)24)8-11-2-4-12(10-20)5-3-11/h2-9H,1H3/b16-8+. The number of halogens is 1. The Hall–Kier alpha value is -2.33. The number of thiocarbonyl (C=S) groups is 1. The number of benzene rings is 2. The largest absolute Gasteiger partial charge is 0.495 e. The molecule has 4 nitrogen and oxygen atoms in total. The van der Waals surface area contributed by atoms with Gasteiger partial charge in [-0.25, -0.2) is 0 Å². The summed E-state index contributed by atoms with van der Waals surface area (Å²) in [6, 6.07) is 14.1. The molecule has 1 aliphatic rings. The van der Waals surface area contributed by atoms with E-state index in [-0.39, 0.29) is 5.91 Å². The highest BCUT2D eigenvalue weighted by atomic mass is 35.5. The van der Waals surface area contributed by atoms with Crippen LogP contribution in [0.1, 0.15) is 11.1 Å². The number of thioether (sulfide) groups is 1. The average Bonchev–Trinajstić information content (AvgIpc) is 2.89. The van der Waals surface area contributed by atoms with Crippen LogP contribution >= 0.6 is 35.6 Å². The normalized spacial score (nSPS) is 15.6. The molecule has 0 atom stereocenters. The van der Waals surface area contributed by atoms with Crippen molar-refractivity contribution in [2.45, 2.75) is 0 Å². The minimum absolute atomic E-state index is 0.208. The molecule has 0 bridgehead atoms. The van der Waals surface area contributed by atoms with Gasteiger partial charge in [0.2, 0.25) is 0 Å². The second kappa shape index (κ2) is 7.28. The summed E-state index contributed by atoms with van der Waals surface area (Å²) in [5.74, 6) is 0.324. The van der Waals surface area contributed by atoms with Crippen molar-refractivity contribution in [3.05, 3.63) is 63.5 Å². The quantitative estimate of drug-likeness (QED) is 0.568. The monoisotopic (exact) mass is 386 g/mol. The van der Waals surface area contributed by atoms with Gasteiger partial charge in [-0.1, -0.05) is 47.7 Å². The predicted octanol–water partition coefficient (Wildman–Crippen LogP) is 4.63. The second-order valence-corrected chi connectivity index (χ2v) is 7.15. The van der Waals surface area contributed by atoms with E-state index in [4.69, 9.17) is 33.8 Å². The van der Waals surface area contributed by atoms with Crippen LogP contribution in [0.4, 0.5) is 5.69 Å². The third kappa shape index (κ3) is 3.54. The first kappa shape index (κ1) is 17.5. The molecule has 1 heterocycles. The van der Waals surface area contributed by atoms with Gasteiger partial charge in [-0.15, -0.1) is 0 Å². The van der Waals surface area contributed by atoms with Gasteiger partial charge in [-0.05, 0) is 42.0 Å². The molecule has 25 heavy (non-hydrogen) atoms. The van der Waals surface area contributed by atoms with Crippen LogP contribution in [-0.4, -0.2) is 17.3 Å². The zero-order valence-electron chi connectivity index (χ0n) is 13.0. The minimum atomic E-state index is -0.208. The fourth-order valence-electron chi connectivity index (χ4n) is 2.29. The maximum Gasteiger partial charge on any atom is 0.270 e. The molecule has 1 aliphatic heterocycles. The topological polar surface area (TPSA) is 53.3 Å². The van der Waals surface area contributed by atoms with Gasteiger partial charge >= 0.3 is 0 Å². The molecule has 0 aromatic heterocycles. The van der Waals surface area contributed by atoms with Crippen molar-refractivity contribution in [2.24, 2.45) is 0 Å². The molecule has 1 saturated heterocycles. The average molecular weight is 387 g/mol. The minimum Gasteiger partial charge on any atom is -0.495 e. The summed E-state index contributed by atoms with van der Waals surface area (Å²) < 4.78 is 5.56. The smallest absolute Gasteiger partial charge is 0.270 e. The van der Waals surface area contributed by atoms with E-state index < -0.39 is 0 Å². The summed E-state index contributed by atoms with van der Waals surface area (Å²) in [5.41, 5.74) is 1.99. The first-order valence-electron chi connectivity index (χ1n) is 7.15. The Morgan fingerprint density at radius 1 is 1.28 bits per heavy atom. The molecule has 2 aromatic rings. The second-order valence-electron chi connectivity index (χ2n) is 5.07. The van der Waals surface area contributed by atoms with E-state index in [1.165, 1.54) is 23.8 Å². The number of rotatable bonds is 3. The van der Waals surface area contributed by atoms with Crippen LogP contribution in [0.15, 0.2) is 47.4 Å². The number of nitrogens with zero attached hydrogens (tertiary/aromatic N) is 2. The molecular formula is C18H11ClN2O2S2. The Bertz CT molecular complexity index is 933. The van der Waals surface area contributed by atoms with E-state index in [2.05, 4.69) is 6.07 Å². The van der Waals surface area contributed by atoms with Crippen molar-refractivity contribution in [3.8, 4) is 11.8 Å². The number of amides is 1. The highest BCUT2D eigenvalue weighted by molar-refractivity contribution is 8.27. The van der Waals surface area contributed by atoms with Crippen LogP contribution in [0, 0.1) is 11.3 Å². The number of ether oxygens (including phenoxy) is 1. The number of nitriles is 1. The lowest BCUT2D eigenvalue weighted by atomic mass is 10.1. The number of carbonyl (C=O) groups excluding carboxylic acids is 1.